The topological polar surface area (TPSA) is 96.0 Å². The van der Waals surface area contributed by atoms with Crippen LogP contribution in [0.4, 0.5) is 0 Å². The molecule has 0 fully saturated rings. The van der Waals surface area contributed by atoms with Crippen molar-refractivity contribution in [1.82, 2.24) is 0 Å². The van der Waals surface area contributed by atoms with Crippen LogP contribution in [-0.4, -0.2) is 32.9 Å². The fraction of sp³-hybridized carbons (Fsp3) is 0. The summed E-state index contributed by atoms with van der Waals surface area (Å²) in [6.07, 6.45) is 0. The van der Waals surface area contributed by atoms with Crippen LogP contribution in [0.25, 0.3) is 0 Å². The van der Waals surface area contributed by atoms with E-state index in [1.165, 1.54) is 0 Å². The summed E-state index contributed by atoms with van der Waals surface area (Å²) in [7, 11) is -1.42. The van der Waals surface area contributed by atoms with Gasteiger partial charge in [-0.05, 0) is 0 Å². The Balaban J connectivity index is 4.54. The summed E-state index contributed by atoms with van der Waals surface area (Å²) in [5.41, 5.74) is 0. The molecule has 11 heavy (non-hydrogen) atoms. The fourth-order valence-electron chi connectivity index (χ4n) is 0.134. The smallest absolute Gasteiger partial charge is 0.325 e. The molecule has 0 aliphatic carbocycles. The Labute approximate surface area is 66.2 Å². The van der Waals surface area contributed by atoms with Gasteiger partial charge in [0, 0.05) is 0 Å². The van der Waals surface area contributed by atoms with E-state index in [4.69, 9.17) is 0 Å². The van der Waals surface area contributed by atoms with Gasteiger partial charge in [-0.3, -0.25) is 0 Å². The lowest BCUT2D eigenvalue weighted by Gasteiger charge is -2.00. The first-order valence-electron chi connectivity index (χ1n) is 1.80. The summed E-state index contributed by atoms with van der Waals surface area (Å²) in [4.78, 5) is 0. The van der Waals surface area contributed by atoms with Crippen molar-refractivity contribution in [3.63, 3.8) is 0 Å². The predicted molar refractivity (Wildman–Crippen MR) is 32.6 cm³/mol. The van der Waals surface area contributed by atoms with Gasteiger partial charge < -0.3 is 8.20 Å². The summed E-state index contributed by atoms with van der Waals surface area (Å²) < 4.78 is 49.8. The quantitative estimate of drug-likeness (QED) is 0.468. The average Bonchev–Trinajstić information content (AvgIpc) is 1.86. The van der Waals surface area contributed by atoms with Gasteiger partial charge in [-0.1, -0.05) is 0 Å². The minimum absolute atomic E-state index is 3.11. The largest absolute Gasteiger partial charge is 0.401 e. The van der Waals surface area contributed by atoms with Crippen LogP contribution < -0.4 is 0 Å². The SMILES string of the molecule is [B]OS(=O)(=O)OS(=O)(=O)O[B]. The molecule has 0 aromatic heterocycles. The first-order chi connectivity index (χ1) is 4.83. The Hall–Kier alpha value is -0.0901. The first kappa shape index (κ1) is 10.9. The highest BCUT2D eigenvalue weighted by Gasteiger charge is 2.20. The van der Waals surface area contributed by atoms with Gasteiger partial charge in [0.1, 0.15) is 0 Å². The van der Waals surface area contributed by atoms with Crippen LogP contribution in [0.15, 0.2) is 0 Å². The summed E-state index contributed by atoms with van der Waals surface area (Å²) in [5.74, 6) is 0. The highest BCUT2D eigenvalue weighted by Crippen LogP contribution is 2.00. The van der Waals surface area contributed by atoms with Crippen molar-refractivity contribution in [2.75, 3.05) is 0 Å². The Morgan fingerprint density at radius 3 is 1.27 bits per heavy atom. The van der Waals surface area contributed by atoms with Gasteiger partial charge in [-0.2, -0.15) is 16.8 Å². The van der Waals surface area contributed by atoms with Gasteiger partial charge in [0.15, 0.2) is 0 Å². The van der Waals surface area contributed by atoms with E-state index in [0.717, 1.165) is 0 Å². The third-order valence-corrected chi connectivity index (χ3v) is 2.21. The molecule has 0 saturated carbocycles. The molecule has 0 aromatic carbocycles. The summed E-state index contributed by atoms with van der Waals surface area (Å²) in [5, 5.41) is 0. The molecule has 0 heterocycles. The third-order valence-electron chi connectivity index (χ3n) is 0.402. The van der Waals surface area contributed by atoms with Gasteiger partial charge in [0.25, 0.3) is 0 Å². The van der Waals surface area contributed by atoms with E-state index in [1.807, 2.05) is 0 Å². The van der Waals surface area contributed by atoms with Gasteiger partial charge >= 0.3 is 36.9 Å². The predicted octanol–water partition coefficient (Wildman–Crippen LogP) is -2.31. The van der Waals surface area contributed by atoms with Crippen molar-refractivity contribution in [1.29, 1.82) is 0 Å². The molecule has 0 unspecified atom stereocenters. The summed E-state index contributed by atoms with van der Waals surface area (Å²) >= 11 is 0. The summed E-state index contributed by atoms with van der Waals surface area (Å²) in [6, 6.07) is 0. The van der Waals surface area contributed by atoms with E-state index in [1.54, 1.807) is 0 Å². The Morgan fingerprint density at radius 2 is 1.09 bits per heavy atom. The zero-order valence-corrected chi connectivity index (χ0v) is 6.46. The highest BCUT2D eigenvalue weighted by atomic mass is 32.3. The maximum atomic E-state index is 10.1. The minimum atomic E-state index is -4.80. The molecule has 0 spiro atoms. The van der Waals surface area contributed by atoms with Gasteiger partial charge in [0.2, 0.25) is 0 Å². The lowest BCUT2D eigenvalue weighted by molar-refractivity contribution is 0.364. The molecular weight excluding hydrogens is 198 g/mol. The Bertz CT molecular complexity index is 263. The van der Waals surface area contributed by atoms with E-state index >= 15 is 0 Å². The van der Waals surface area contributed by atoms with E-state index in [0.29, 0.717) is 0 Å². The second kappa shape index (κ2) is 3.54. The second-order valence-corrected chi connectivity index (χ2v) is 3.64. The second-order valence-electron chi connectivity index (χ2n) is 1.08. The molecule has 0 N–H and O–H groups in total. The zero-order valence-electron chi connectivity index (χ0n) is 4.83. The Morgan fingerprint density at radius 1 is 0.818 bits per heavy atom. The fourth-order valence-corrected chi connectivity index (χ4v) is 1.21. The molecule has 0 aromatic rings. The number of hydrogen-bond donors (Lipinski definition) is 0. The standard InChI is InChI=1S/B2O7S2/c1-7-10(3,4)9-11(5,6)8-2. The molecule has 0 bridgehead atoms. The number of rotatable bonds is 4. The third kappa shape index (κ3) is 4.37. The van der Waals surface area contributed by atoms with Gasteiger partial charge in [-0.15, -0.1) is 3.63 Å². The van der Waals surface area contributed by atoms with Crippen LogP contribution in [0, 0.1) is 0 Å². The van der Waals surface area contributed by atoms with Crippen molar-refractivity contribution >= 4 is 36.9 Å². The molecule has 0 amide bonds. The van der Waals surface area contributed by atoms with Gasteiger partial charge in [0.05, 0.1) is 0 Å². The molecule has 4 radical (unpaired) electrons. The molecule has 60 valence electrons. The zero-order chi connectivity index (χ0) is 9.12. The molecule has 0 aliphatic rings. The molecule has 0 aliphatic heterocycles. The van der Waals surface area contributed by atoms with E-state index in [2.05, 4.69) is 27.9 Å². The van der Waals surface area contributed by atoms with Crippen molar-refractivity contribution in [3.05, 3.63) is 0 Å². The van der Waals surface area contributed by atoms with Crippen LogP contribution in [0.5, 0.6) is 0 Å². The van der Waals surface area contributed by atoms with Crippen LogP contribution in [0.2, 0.25) is 0 Å². The van der Waals surface area contributed by atoms with Crippen molar-refractivity contribution in [3.8, 4) is 0 Å². The van der Waals surface area contributed by atoms with Crippen LogP contribution in [0.3, 0.4) is 0 Å². The highest BCUT2D eigenvalue weighted by molar-refractivity contribution is 7.95. The molecule has 0 saturated heterocycles. The van der Waals surface area contributed by atoms with Gasteiger partial charge in [-0.25, -0.2) is 0 Å². The van der Waals surface area contributed by atoms with E-state index in [9.17, 15) is 16.8 Å². The average molecular weight is 198 g/mol. The first-order valence-corrected chi connectivity index (χ1v) is 4.47. The maximum Gasteiger partial charge on any atom is 0.401 e. The van der Waals surface area contributed by atoms with E-state index < -0.39 is 20.8 Å². The van der Waals surface area contributed by atoms with Crippen molar-refractivity contribution in [2.24, 2.45) is 0 Å². The van der Waals surface area contributed by atoms with Crippen LogP contribution in [-0.2, 0) is 32.6 Å². The maximum absolute atomic E-state index is 10.1. The van der Waals surface area contributed by atoms with Crippen molar-refractivity contribution in [2.45, 2.75) is 0 Å². The van der Waals surface area contributed by atoms with Crippen LogP contribution in [0.1, 0.15) is 0 Å². The van der Waals surface area contributed by atoms with E-state index in [-0.39, 0.29) is 0 Å². The molecule has 11 heteroatoms. The lowest BCUT2D eigenvalue weighted by atomic mass is 10.6. The molecular formula is B2O7S2. The molecule has 0 atom stereocenters. The van der Waals surface area contributed by atoms with Crippen LogP contribution >= 0.6 is 0 Å². The monoisotopic (exact) mass is 198 g/mol. The number of hydrogen-bond acceptors (Lipinski definition) is 7. The Kier molecular flexibility index (Phi) is 3.51. The summed E-state index contributed by atoms with van der Waals surface area (Å²) in [6.45, 7) is 0. The minimum Gasteiger partial charge on any atom is -0.325 e. The lowest BCUT2D eigenvalue weighted by Crippen LogP contribution is -2.16. The van der Waals surface area contributed by atoms with Crippen molar-refractivity contribution < 1.29 is 28.7 Å². The normalized spacial score (nSPS) is 13.1. The molecule has 7 nitrogen and oxygen atoms in total. The molecule has 0 rings (SSSR count).